The Morgan fingerprint density at radius 1 is 1.42 bits per heavy atom. The van der Waals surface area contributed by atoms with Gasteiger partial charge in [0.05, 0.1) is 0 Å². The summed E-state index contributed by atoms with van der Waals surface area (Å²) in [7, 11) is 1.50. The van der Waals surface area contributed by atoms with Crippen LogP contribution in [0.15, 0.2) is 25.3 Å². The number of ether oxygens (including phenoxy) is 1. The molecule has 0 bridgehead atoms. The molecule has 0 N–H and O–H groups in total. The SMILES string of the molecule is C=CCN(CC=C)C(=O)COC. The molecule has 0 aromatic heterocycles. The first-order valence-corrected chi connectivity index (χ1v) is 3.74. The summed E-state index contributed by atoms with van der Waals surface area (Å²) in [5.41, 5.74) is 0. The zero-order chi connectivity index (χ0) is 9.40. The van der Waals surface area contributed by atoms with Crippen LogP contribution in [-0.4, -0.2) is 37.6 Å². The van der Waals surface area contributed by atoms with Crippen LogP contribution in [0.25, 0.3) is 0 Å². The van der Waals surface area contributed by atoms with Crippen LogP contribution < -0.4 is 0 Å². The first-order valence-electron chi connectivity index (χ1n) is 3.74. The molecule has 0 aromatic rings. The van der Waals surface area contributed by atoms with Gasteiger partial charge in [0.25, 0.3) is 0 Å². The summed E-state index contributed by atoms with van der Waals surface area (Å²) in [6, 6.07) is 0. The lowest BCUT2D eigenvalue weighted by Gasteiger charge is -2.18. The zero-order valence-corrected chi connectivity index (χ0v) is 7.45. The monoisotopic (exact) mass is 169 g/mol. The van der Waals surface area contributed by atoms with E-state index in [1.807, 2.05) is 0 Å². The van der Waals surface area contributed by atoms with E-state index in [1.165, 1.54) is 7.11 Å². The maximum absolute atomic E-state index is 11.2. The molecule has 0 aliphatic rings. The van der Waals surface area contributed by atoms with Gasteiger partial charge in [-0.2, -0.15) is 0 Å². The van der Waals surface area contributed by atoms with Crippen LogP contribution in [0.3, 0.4) is 0 Å². The predicted octanol–water partition coefficient (Wildman–Crippen LogP) is 0.833. The molecule has 3 heteroatoms. The first kappa shape index (κ1) is 10.9. The smallest absolute Gasteiger partial charge is 0.249 e. The van der Waals surface area contributed by atoms with Crippen molar-refractivity contribution in [3.63, 3.8) is 0 Å². The number of hydrogen-bond acceptors (Lipinski definition) is 2. The number of methoxy groups -OCH3 is 1. The largest absolute Gasteiger partial charge is 0.375 e. The Kier molecular flexibility index (Phi) is 6.01. The van der Waals surface area contributed by atoms with E-state index >= 15 is 0 Å². The predicted molar refractivity (Wildman–Crippen MR) is 48.9 cm³/mol. The average Bonchev–Trinajstić information content (AvgIpc) is 2.04. The minimum atomic E-state index is -0.0442. The molecule has 0 aliphatic heterocycles. The molecular weight excluding hydrogens is 154 g/mol. The van der Waals surface area contributed by atoms with Crippen molar-refractivity contribution in [1.82, 2.24) is 4.90 Å². The maximum Gasteiger partial charge on any atom is 0.249 e. The minimum absolute atomic E-state index is 0.0442. The van der Waals surface area contributed by atoms with Gasteiger partial charge in [-0.15, -0.1) is 13.2 Å². The van der Waals surface area contributed by atoms with E-state index in [-0.39, 0.29) is 12.5 Å². The minimum Gasteiger partial charge on any atom is -0.375 e. The third kappa shape index (κ3) is 3.93. The van der Waals surface area contributed by atoms with Crippen LogP contribution >= 0.6 is 0 Å². The number of rotatable bonds is 6. The fourth-order valence-electron chi connectivity index (χ4n) is 0.805. The summed E-state index contributed by atoms with van der Waals surface area (Å²) in [5.74, 6) is -0.0442. The van der Waals surface area contributed by atoms with Gasteiger partial charge in [-0.1, -0.05) is 12.2 Å². The summed E-state index contributed by atoms with van der Waals surface area (Å²) in [4.78, 5) is 12.8. The molecule has 68 valence electrons. The van der Waals surface area contributed by atoms with Crippen LogP contribution in [0, 0.1) is 0 Å². The molecule has 0 aliphatic carbocycles. The van der Waals surface area contributed by atoms with E-state index in [4.69, 9.17) is 4.74 Å². The molecule has 0 rings (SSSR count). The van der Waals surface area contributed by atoms with Gasteiger partial charge in [-0.05, 0) is 0 Å². The maximum atomic E-state index is 11.2. The summed E-state index contributed by atoms with van der Waals surface area (Å²) in [6.07, 6.45) is 3.36. The standard InChI is InChI=1S/C9H15NO2/c1-4-6-10(7-5-2)9(11)8-12-3/h4-5H,1-2,6-8H2,3H3. The Morgan fingerprint density at radius 3 is 2.25 bits per heavy atom. The highest BCUT2D eigenvalue weighted by molar-refractivity contribution is 5.77. The van der Waals surface area contributed by atoms with E-state index < -0.39 is 0 Å². The third-order valence-corrected chi connectivity index (χ3v) is 1.32. The lowest BCUT2D eigenvalue weighted by atomic mass is 10.4. The van der Waals surface area contributed by atoms with Gasteiger partial charge in [-0.25, -0.2) is 0 Å². The molecule has 0 unspecified atom stereocenters. The number of hydrogen-bond donors (Lipinski definition) is 0. The molecule has 0 saturated carbocycles. The topological polar surface area (TPSA) is 29.5 Å². The van der Waals surface area contributed by atoms with Gasteiger partial charge < -0.3 is 9.64 Å². The van der Waals surface area contributed by atoms with E-state index in [0.717, 1.165) is 0 Å². The zero-order valence-electron chi connectivity index (χ0n) is 7.45. The summed E-state index contributed by atoms with van der Waals surface area (Å²) in [5, 5.41) is 0. The van der Waals surface area contributed by atoms with Gasteiger partial charge in [0.2, 0.25) is 5.91 Å². The Morgan fingerprint density at radius 2 is 1.92 bits per heavy atom. The molecule has 0 saturated heterocycles. The number of nitrogens with zero attached hydrogens (tertiary/aromatic N) is 1. The summed E-state index contributed by atoms with van der Waals surface area (Å²) < 4.78 is 4.72. The summed E-state index contributed by atoms with van der Waals surface area (Å²) >= 11 is 0. The Labute approximate surface area is 73.3 Å². The van der Waals surface area contributed by atoms with E-state index in [2.05, 4.69) is 13.2 Å². The highest BCUT2D eigenvalue weighted by Crippen LogP contribution is 1.91. The number of amides is 1. The van der Waals surface area contributed by atoms with Gasteiger partial charge in [0.1, 0.15) is 6.61 Å². The first-order chi connectivity index (χ1) is 5.76. The molecule has 3 nitrogen and oxygen atoms in total. The van der Waals surface area contributed by atoms with Crippen molar-refractivity contribution >= 4 is 5.91 Å². The molecule has 0 heterocycles. The van der Waals surface area contributed by atoms with Crippen LogP contribution in [-0.2, 0) is 9.53 Å². The van der Waals surface area contributed by atoms with E-state index in [1.54, 1.807) is 17.1 Å². The second-order valence-corrected chi connectivity index (χ2v) is 2.31. The van der Waals surface area contributed by atoms with Gasteiger partial charge in [0, 0.05) is 20.2 Å². The molecular formula is C9H15NO2. The van der Waals surface area contributed by atoms with Crippen molar-refractivity contribution in [2.75, 3.05) is 26.8 Å². The molecule has 12 heavy (non-hydrogen) atoms. The van der Waals surface area contributed by atoms with Crippen molar-refractivity contribution in [3.8, 4) is 0 Å². The van der Waals surface area contributed by atoms with Gasteiger partial charge >= 0.3 is 0 Å². The van der Waals surface area contributed by atoms with E-state index in [9.17, 15) is 4.79 Å². The van der Waals surface area contributed by atoms with Crippen molar-refractivity contribution < 1.29 is 9.53 Å². The normalized spacial score (nSPS) is 9.08. The fraction of sp³-hybridized carbons (Fsp3) is 0.444. The van der Waals surface area contributed by atoms with Crippen LogP contribution in [0.4, 0.5) is 0 Å². The van der Waals surface area contributed by atoms with Crippen molar-refractivity contribution in [2.24, 2.45) is 0 Å². The van der Waals surface area contributed by atoms with Crippen molar-refractivity contribution in [3.05, 3.63) is 25.3 Å². The quantitative estimate of drug-likeness (QED) is 0.551. The van der Waals surface area contributed by atoms with Crippen LogP contribution in [0.2, 0.25) is 0 Å². The second-order valence-electron chi connectivity index (χ2n) is 2.31. The molecule has 0 radical (unpaired) electrons. The van der Waals surface area contributed by atoms with Crippen molar-refractivity contribution in [1.29, 1.82) is 0 Å². The highest BCUT2D eigenvalue weighted by atomic mass is 16.5. The van der Waals surface area contributed by atoms with Crippen LogP contribution in [0.5, 0.6) is 0 Å². The molecule has 1 amide bonds. The lowest BCUT2D eigenvalue weighted by molar-refractivity contribution is -0.134. The Balaban J connectivity index is 3.97. The number of carbonyl (C=O) groups is 1. The van der Waals surface area contributed by atoms with Crippen LogP contribution in [0.1, 0.15) is 0 Å². The third-order valence-electron chi connectivity index (χ3n) is 1.32. The lowest BCUT2D eigenvalue weighted by Crippen LogP contribution is -2.33. The summed E-state index contributed by atoms with van der Waals surface area (Å²) in [6.45, 7) is 8.30. The molecule has 0 aromatic carbocycles. The van der Waals surface area contributed by atoms with E-state index in [0.29, 0.717) is 13.1 Å². The fourth-order valence-corrected chi connectivity index (χ4v) is 0.805. The van der Waals surface area contributed by atoms with Gasteiger partial charge in [-0.3, -0.25) is 4.79 Å². The molecule has 0 atom stereocenters. The molecule has 0 fully saturated rings. The Bertz CT molecular complexity index is 156. The average molecular weight is 169 g/mol. The van der Waals surface area contributed by atoms with Crippen molar-refractivity contribution in [2.45, 2.75) is 0 Å². The molecule has 0 spiro atoms. The van der Waals surface area contributed by atoms with Gasteiger partial charge in [0.15, 0.2) is 0 Å². The Hall–Kier alpha value is -1.09. The second kappa shape index (κ2) is 6.61. The highest BCUT2D eigenvalue weighted by Gasteiger charge is 2.08. The number of carbonyl (C=O) groups excluding carboxylic acids is 1.